The van der Waals surface area contributed by atoms with Crippen LogP contribution < -0.4 is 11.1 Å². The number of aromatic nitrogens is 1. The van der Waals surface area contributed by atoms with Gasteiger partial charge in [0.25, 0.3) is 0 Å². The van der Waals surface area contributed by atoms with Crippen LogP contribution in [0.1, 0.15) is 32.7 Å². The Morgan fingerprint density at radius 2 is 2.04 bits per heavy atom. The Hall–Kier alpha value is -1.91. The van der Waals surface area contributed by atoms with Crippen molar-refractivity contribution in [2.75, 3.05) is 17.7 Å². The molecule has 10 heteroatoms. The van der Waals surface area contributed by atoms with Crippen molar-refractivity contribution in [3.05, 3.63) is 27.1 Å². The smallest absolute Gasteiger partial charge is 0.348 e. The van der Waals surface area contributed by atoms with Crippen LogP contribution >= 0.6 is 34.4 Å². The lowest BCUT2D eigenvalue weighted by atomic mass is 10.3. The molecule has 0 fully saturated rings. The largest absolute Gasteiger partial charge is 0.462 e. The number of nitrogens with zero attached hydrogens (tertiary/aromatic N) is 1. The van der Waals surface area contributed by atoms with E-state index in [1.807, 2.05) is 6.92 Å². The molecular weight excluding hydrogens is 394 g/mol. The number of esters is 1. The summed E-state index contributed by atoms with van der Waals surface area (Å²) in [5.41, 5.74) is 6.72. The highest BCUT2D eigenvalue weighted by molar-refractivity contribution is 8.01. The third kappa shape index (κ3) is 5.55. The Morgan fingerprint density at radius 3 is 2.69 bits per heavy atom. The van der Waals surface area contributed by atoms with Gasteiger partial charge in [-0.05, 0) is 32.4 Å². The highest BCUT2D eigenvalue weighted by Gasteiger charge is 2.16. The van der Waals surface area contributed by atoms with Crippen LogP contribution in [0, 0.1) is 13.8 Å². The Morgan fingerprint density at radius 1 is 1.31 bits per heavy atom. The summed E-state index contributed by atoms with van der Waals surface area (Å²) in [5, 5.41) is 3.38. The van der Waals surface area contributed by atoms with Gasteiger partial charge in [-0.25, -0.2) is 9.78 Å². The molecule has 2 heterocycles. The lowest BCUT2D eigenvalue weighted by Gasteiger charge is -2.01. The molecule has 3 N–H and O–H groups in total. The lowest BCUT2D eigenvalue weighted by Crippen LogP contribution is -2.13. The maximum Gasteiger partial charge on any atom is 0.348 e. The predicted molar refractivity (Wildman–Crippen MR) is 104 cm³/mol. The van der Waals surface area contributed by atoms with E-state index in [2.05, 4.69) is 10.3 Å². The topological polar surface area (TPSA) is 111 Å². The SMILES string of the molecule is CCOC(=O)c1sc(NC(=O)CSc2nc(C)c(CC(N)=O)s2)cc1C. The van der Waals surface area contributed by atoms with E-state index in [9.17, 15) is 14.4 Å². The third-order valence-electron chi connectivity index (χ3n) is 3.18. The second kappa shape index (κ2) is 9.15. The molecule has 0 unspecified atom stereocenters. The molecule has 2 aromatic heterocycles. The van der Waals surface area contributed by atoms with Crippen molar-refractivity contribution in [1.29, 1.82) is 0 Å². The number of thiophene rings is 1. The van der Waals surface area contributed by atoms with Crippen LogP contribution in [0.5, 0.6) is 0 Å². The second-order valence-corrected chi connectivity index (χ2v) is 8.67. The second-order valence-electron chi connectivity index (χ2n) is 5.31. The molecule has 0 aliphatic carbocycles. The number of ether oxygens (including phenoxy) is 1. The molecule has 0 saturated carbocycles. The number of hydrogen-bond acceptors (Lipinski definition) is 8. The van der Waals surface area contributed by atoms with Gasteiger partial charge < -0.3 is 15.8 Å². The zero-order valence-corrected chi connectivity index (χ0v) is 17.0. The molecule has 0 bridgehead atoms. The molecule has 0 radical (unpaired) electrons. The zero-order valence-electron chi connectivity index (χ0n) is 14.6. The van der Waals surface area contributed by atoms with Crippen LogP contribution in [-0.4, -0.2) is 35.1 Å². The lowest BCUT2D eigenvalue weighted by molar-refractivity contribution is -0.117. The fraction of sp³-hybridized carbons (Fsp3) is 0.375. The molecule has 0 aromatic carbocycles. The molecule has 0 aliphatic heterocycles. The molecule has 2 aromatic rings. The van der Waals surface area contributed by atoms with Crippen LogP contribution in [0.4, 0.5) is 5.00 Å². The van der Waals surface area contributed by atoms with E-state index in [0.29, 0.717) is 20.8 Å². The average molecular weight is 414 g/mol. The number of hydrogen-bond donors (Lipinski definition) is 2. The molecule has 2 amide bonds. The van der Waals surface area contributed by atoms with Gasteiger partial charge in [0.15, 0.2) is 4.34 Å². The Bertz CT molecular complexity index is 829. The monoisotopic (exact) mass is 413 g/mol. The van der Waals surface area contributed by atoms with Crippen molar-refractivity contribution >= 4 is 57.2 Å². The quantitative estimate of drug-likeness (QED) is 0.508. The number of anilines is 1. The van der Waals surface area contributed by atoms with Gasteiger partial charge in [-0.2, -0.15) is 0 Å². The summed E-state index contributed by atoms with van der Waals surface area (Å²) in [5.74, 6) is -0.813. The molecule has 0 saturated heterocycles. The maximum atomic E-state index is 12.1. The number of aryl methyl sites for hydroxylation is 2. The summed E-state index contributed by atoms with van der Waals surface area (Å²) in [7, 11) is 0. The fourth-order valence-electron chi connectivity index (χ4n) is 2.03. The minimum Gasteiger partial charge on any atom is -0.462 e. The van der Waals surface area contributed by atoms with E-state index < -0.39 is 5.91 Å². The molecule has 0 aliphatic rings. The molecule has 2 rings (SSSR count). The molecule has 26 heavy (non-hydrogen) atoms. The zero-order chi connectivity index (χ0) is 19.3. The number of nitrogens with one attached hydrogen (secondary N) is 1. The summed E-state index contributed by atoms with van der Waals surface area (Å²) in [6, 6.07) is 1.75. The van der Waals surface area contributed by atoms with Gasteiger partial charge in [-0.3, -0.25) is 9.59 Å². The van der Waals surface area contributed by atoms with Crippen molar-refractivity contribution in [2.45, 2.75) is 31.5 Å². The third-order valence-corrected chi connectivity index (χ3v) is 6.61. The summed E-state index contributed by atoms with van der Waals surface area (Å²) < 4.78 is 5.70. The first-order valence-corrected chi connectivity index (χ1v) is 10.4. The molecule has 0 spiro atoms. The standard InChI is InChI=1S/C16H19N3O4S3/c1-4-23-15(22)14-8(2)5-13(26-14)19-12(21)7-24-16-18-9(3)10(25-16)6-11(17)20/h5H,4,6-7H2,1-3H3,(H2,17,20)(H,19,21). The van der Waals surface area contributed by atoms with E-state index >= 15 is 0 Å². The summed E-state index contributed by atoms with van der Waals surface area (Å²) >= 11 is 3.85. The van der Waals surface area contributed by atoms with Crippen molar-refractivity contribution in [3.8, 4) is 0 Å². The normalized spacial score (nSPS) is 10.6. The Kier molecular flexibility index (Phi) is 7.18. The minimum atomic E-state index is -0.406. The van der Waals surface area contributed by atoms with Crippen molar-refractivity contribution in [2.24, 2.45) is 5.73 Å². The summed E-state index contributed by atoms with van der Waals surface area (Å²) in [6.45, 7) is 5.66. The van der Waals surface area contributed by atoms with E-state index in [1.54, 1.807) is 19.9 Å². The first-order chi connectivity index (χ1) is 12.3. The molecule has 0 atom stereocenters. The highest BCUT2D eigenvalue weighted by Crippen LogP contribution is 2.29. The molecule has 7 nitrogen and oxygen atoms in total. The number of thiazole rings is 1. The van der Waals surface area contributed by atoms with Crippen molar-refractivity contribution < 1.29 is 19.1 Å². The predicted octanol–water partition coefficient (Wildman–Crippen LogP) is 2.76. The molecule has 140 valence electrons. The van der Waals surface area contributed by atoms with E-state index in [4.69, 9.17) is 10.5 Å². The van der Waals surface area contributed by atoms with Crippen LogP contribution in [0.15, 0.2) is 10.4 Å². The number of amides is 2. The highest BCUT2D eigenvalue weighted by atomic mass is 32.2. The summed E-state index contributed by atoms with van der Waals surface area (Å²) in [6.07, 6.45) is 0.154. The number of carbonyl (C=O) groups excluding carboxylic acids is 3. The minimum absolute atomic E-state index is 0.154. The van der Waals surface area contributed by atoms with Crippen molar-refractivity contribution in [1.82, 2.24) is 4.98 Å². The number of carbonyl (C=O) groups is 3. The van der Waals surface area contributed by atoms with Crippen LogP contribution in [0.25, 0.3) is 0 Å². The number of rotatable bonds is 8. The Labute approximate surface area is 163 Å². The maximum absolute atomic E-state index is 12.1. The van der Waals surface area contributed by atoms with Gasteiger partial charge in [0.1, 0.15) is 4.88 Å². The van der Waals surface area contributed by atoms with E-state index in [0.717, 1.165) is 16.1 Å². The van der Waals surface area contributed by atoms with Gasteiger partial charge in [-0.1, -0.05) is 11.8 Å². The van der Waals surface area contributed by atoms with Gasteiger partial charge in [0.2, 0.25) is 11.8 Å². The van der Waals surface area contributed by atoms with E-state index in [1.165, 1.54) is 34.4 Å². The van der Waals surface area contributed by atoms with Crippen LogP contribution in [0.2, 0.25) is 0 Å². The first kappa shape index (κ1) is 20.4. The van der Waals surface area contributed by atoms with E-state index in [-0.39, 0.29) is 24.1 Å². The van der Waals surface area contributed by atoms with Crippen molar-refractivity contribution in [3.63, 3.8) is 0 Å². The molecular formula is C16H19N3O4S3. The van der Waals surface area contributed by atoms with Gasteiger partial charge in [0, 0.05) is 4.88 Å². The average Bonchev–Trinajstić information content (AvgIpc) is 3.08. The number of thioether (sulfide) groups is 1. The number of primary amides is 1. The Balaban J connectivity index is 1.92. The first-order valence-electron chi connectivity index (χ1n) is 7.75. The van der Waals surface area contributed by atoms with Gasteiger partial charge in [0.05, 0.1) is 29.5 Å². The van der Waals surface area contributed by atoms with Crippen LogP contribution in [-0.2, 0) is 20.7 Å². The summed E-state index contributed by atoms with van der Waals surface area (Å²) in [4.78, 5) is 40.6. The van der Waals surface area contributed by atoms with Gasteiger partial charge in [-0.15, -0.1) is 22.7 Å². The number of nitrogens with two attached hydrogens (primary N) is 1. The van der Waals surface area contributed by atoms with Crippen LogP contribution in [0.3, 0.4) is 0 Å². The van der Waals surface area contributed by atoms with Gasteiger partial charge >= 0.3 is 5.97 Å². The fourth-order valence-corrected chi connectivity index (χ4v) is 5.06.